The Balaban J connectivity index is 1.88. The van der Waals surface area contributed by atoms with Crippen LogP contribution in [0.5, 0.6) is 0 Å². The Kier molecular flexibility index (Phi) is 6.53. The Hall–Kier alpha value is -1.79. The van der Waals surface area contributed by atoms with Gasteiger partial charge < -0.3 is 14.6 Å². The van der Waals surface area contributed by atoms with Gasteiger partial charge in [-0.1, -0.05) is 12.1 Å². The van der Waals surface area contributed by atoms with Crippen molar-refractivity contribution in [2.45, 2.75) is 63.0 Å². The number of nitrogens with zero attached hydrogens (tertiary/aromatic N) is 2. The number of carbonyl (C=O) groups excluding carboxylic acids is 1. The zero-order valence-electron chi connectivity index (χ0n) is 16.5. The summed E-state index contributed by atoms with van der Waals surface area (Å²) in [6.45, 7) is 11.0. The van der Waals surface area contributed by atoms with Crippen LogP contribution in [-0.4, -0.2) is 25.9 Å². The topological polar surface area (TPSA) is 56.2 Å². The van der Waals surface area contributed by atoms with Gasteiger partial charge in [-0.15, -0.1) is 11.8 Å². The van der Waals surface area contributed by atoms with E-state index in [1.807, 2.05) is 52.4 Å². The van der Waals surface area contributed by atoms with E-state index in [2.05, 4.69) is 34.6 Å². The summed E-state index contributed by atoms with van der Waals surface area (Å²) >= 11 is 1.52. The van der Waals surface area contributed by atoms with Crippen LogP contribution in [0.1, 0.15) is 46.0 Å². The molecule has 0 spiro atoms. The molecule has 0 saturated carbocycles. The lowest BCUT2D eigenvalue weighted by molar-refractivity contribution is -0.156. The molecule has 1 N–H and O–H groups in total. The third-order valence-electron chi connectivity index (χ3n) is 3.72. The molecule has 0 aliphatic carbocycles. The summed E-state index contributed by atoms with van der Waals surface area (Å²) in [6.07, 6.45) is 3.74. The van der Waals surface area contributed by atoms with Gasteiger partial charge >= 0.3 is 5.97 Å². The van der Waals surface area contributed by atoms with Crippen molar-refractivity contribution >= 4 is 17.7 Å². The molecule has 5 nitrogen and oxygen atoms in total. The van der Waals surface area contributed by atoms with Crippen LogP contribution < -0.4 is 5.32 Å². The molecule has 0 atom stereocenters. The number of nitrogens with one attached hydrogen (secondary N) is 1. The van der Waals surface area contributed by atoms with Gasteiger partial charge in [0, 0.05) is 30.9 Å². The molecule has 0 saturated heterocycles. The molecule has 0 radical (unpaired) electrons. The fraction of sp³-hybridized carbons (Fsp3) is 0.500. The Bertz CT molecular complexity index is 730. The molecule has 6 heteroatoms. The highest BCUT2D eigenvalue weighted by Crippen LogP contribution is 2.34. The number of aryl methyl sites for hydroxylation is 1. The zero-order chi connectivity index (χ0) is 19.4. The van der Waals surface area contributed by atoms with Crippen LogP contribution in [0, 0.1) is 0 Å². The van der Waals surface area contributed by atoms with Crippen LogP contribution in [0.3, 0.4) is 0 Å². The summed E-state index contributed by atoms with van der Waals surface area (Å²) < 4.78 is 6.89. The van der Waals surface area contributed by atoms with E-state index >= 15 is 0 Å². The third kappa shape index (κ3) is 6.18. The van der Waals surface area contributed by atoms with Crippen molar-refractivity contribution in [1.29, 1.82) is 0 Å². The van der Waals surface area contributed by atoms with Gasteiger partial charge in [-0.05, 0) is 52.3 Å². The molecule has 26 heavy (non-hydrogen) atoms. The molecule has 0 unspecified atom stereocenters. The van der Waals surface area contributed by atoms with Gasteiger partial charge in [0.1, 0.15) is 16.2 Å². The number of imidazole rings is 1. The number of carbonyl (C=O) groups is 1. The lowest BCUT2D eigenvalue weighted by atomic mass is 10.1. The lowest BCUT2D eigenvalue weighted by Gasteiger charge is -2.28. The minimum Gasteiger partial charge on any atom is -0.459 e. The number of hydrogen-bond donors (Lipinski definition) is 1. The second-order valence-corrected chi connectivity index (χ2v) is 9.51. The first-order valence-electron chi connectivity index (χ1n) is 8.75. The molecule has 0 fully saturated rings. The fourth-order valence-electron chi connectivity index (χ4n) is 2.30. The van der Waals surface area contributed by atoms with Crippen LogP contribution in [0.2, 0.25) is 0 Å². The summed E-state index contributed by atoms with van der Waals surface area (Å²) in [6, 6.07) is 8.26. The summed E-state index contributed by atoms with van der Waals surface area (Å²) in [4.78, 5) is 17.7. The van der Waals surface area contributed by atoms with Gasteiger partial charge in [0.2, 0.25) is 0 Å². The van der Waals surface area contributed by atoms with Crippen LogP contribution in [0.4, 0.5) is 0 Å². The molecule has 0 aliphatic heterocycles. The van der Waals surface area contributed by atoms with E-state index < -0.39 is 10.3 Å². The van der Waals surface area contributed by atoms with Crippen molar-refractivity contribution < 1.29 is 9.53 Å². The van der Waals surface area contributed by atoms with E-state index in [1.54, 1.807) is 6.20 Å². The van der Waals surface area contributed by atoms with Gasteiger partial charge in [-0.25, -0.2) is 4.98 Å². The number of aromatic nitrogens is 2. The van der Waals surface area contributed by atoms with Crippen molar-refractivity contribution in [3.63, 3.8) is 0 Å². The van der Waals surface area contributed by atoms with Crippen molar-refractivity contribution in [1.82, 2.24) is 14.9 Å². The highest BCUT2D eigenvalue weighted by Gasteiger charge is 2.33. The predicted octanol–water partition coefficient (Wildman–Crippen LogP) is 3.92. The summed E-state index contributed by atoms with van der Waals surface area (Å²) in [7, 11) is 1.99. The van der Waals surface area contributed by atoms with Crippen molar-refractivity contribution in [2.75, 3.05) is 0 Å². The lowest BCUT2D eigenvalue weighted by Crippen LogP contribution is -2.36. The minimum absolute atomic E-state index is 0.198. The minimum atomic E-state index is -0.634. The second kappa shape index (κ2) is 8.27. The van der Waals surface area contributed by atoms with Gasteiger partial charge in [0.15, 0.2) is 0 Å². The summed E-state index contributed by atoms with van der Waals surface area (Å²) in [5.41, 5.74) is 0.719. The number of benzene rings is 1. The van der Waals surface area contributed by atoms with Crippen LogP contribution in [0.25, 0.3) is 0 Å². The molecule has 1 heterocycles. The maximum absolute atomic E-state index is 12.4. The third-order valence-corrected chi connectivity index (χ3v) is 4.90. The molecule has 0 bridgehead atoms. The second-order valence-electron chi connectivity index (χ2n) is 7.82. The highest BCUT2D eigenvalue weighted by molar-refractivity contribution is 8.01. The maximum atomic E-state index is 12.4. The monoisotopic (exact) mass is 375 g/mol. The summed E-state index contributed by atoms with van der Waals surface area (Å²) in [5.74, 6) is 0.812. The number of ether oxygens (including phenoxy) is 1. The molecule has 2 rings (SSSR count). The molecule has 142 valence electrons. The Morgan fingerprint density at radius 2 is 1.81 bits per heavy atom. The standard InChI is InChI=1S/C20H29N3O2S/c1-19(2,3)25-18(24)20(4,5)26-16-9-7-15(8-10-16)13-21-14-17-22-11-12-23(17)6/h7-12,21H,13-14H2,1-6H3. The smallest absolute Gasteiger partial charge is 0.322 e. The van der Waals surface area contributed by atoms with Gasteiger partial charge in [-0.2, -0.15) is 0 Å². The van der Waals surface area contributed by atoms with E-state index in [0.717, 1.165) is 23.8 Å². The van der Waals surface area contributed by atoms with Crippen molar-refractivity contribution in [3.8, 4) is 0 Å². The number of thioether (sulfide) groups is 1. The summed E-state index contributed by atoms with van der Waals surface area (Å²) in [5, 5.41) is 3.39. The Labute approximate surface area is 160 Å². The maximum Gasteiger partial charge on any atom is 0.322 e. The average Bonchev–Trinajstić information content (AvgIpc) is 2.92. The zero-order valence-corrected chi connectivity index (χ0v) is 17.3. The van der Waals surface area contributed by atoms with E-state index in [1.165, 1.54) is 17.3 Å². The number of esters is 1. The molecule has 1 aromatic heterocycles. The Morgan fingerprint density at radius 3 is 2.35 bits per heavy atom. The van der Waals surface area contributed by atoms with E-state index in [9.17, 15) is 4.79 Å². The first kappa shape index (κ1) is 20.5. The molecule has 0 aliphatic rings. The number of hydrogen-bond acceptors (Lipinski definition) is 5. The molecule has 1 aromatic carbocycles. The largest absolute Gasteiger partial charge is 0.459 e. The molecular weight excluding hydrogens is 346 g/mol. The van der Waals surface area contributed by atoms with Gasteiger partial charge in [-0.3, -0.25) is 4.79 Å². The quantitative estimate of drug-likeness (QED) is 0.587. The fourth-order valence-corrected chi connectivity index (χ4v) is 3.28. The molecular formula is C20H29N3O2S. The predicted molar refractivity (Wildman–Crippen MR) is 106 cm³/mol. The van der Waals surface area contributed by atoms with Gasteiger partial charge in [0.05, 0.1) is 6.54 Å². The van der Waals surface area contributed by atoms with Crippen molar-refractivity contribution in [2.24, 2.45) is 7.05 Å². The van der Waals surface area contributed by atoms with E-state index in [0.29, 0.717) is 0 Å². The van der Waals surface area contributed by atoms with Crippen molar-refractivity contribution in [3.05, 3.63) is 48.0 Å². The van der Waals surface area contributed by atoms with Crippen LogP contribution in [0.15, 0.2) is 41.6 Å². The molecule has 2 aromatic rings. The first-order chi connectivity index (χ1) is 12.1. The van der Waals surface area contributed by atoms with E-state index in [4.69, 9.17) is 4.74 Å². The Morgan fingerprint density at radius 1 is 1.15 bits per heavy atom. The normalized spacial score (nSPS) is 12.2. The van der Waals surface area contributed by atoms with Crippen LogP contribution >= 0.6 is 11.8 Å². The van der Waals surface area contributed by atoms with Crippen LogP contribution in [-0.2, 0) is 29.7 Å². The van der Waals surface area contributed by atoms with E-state index in [-0.39, 0.29) is 5.97 Å². The first-order valence-corrected chi connectivity index (χ1v) is 9.57. The molecule has 0 amide bonds. The average molecular weight is 376 g/mol. The van der Waals surface area contributed by atoms with Gasteiger partial charge in [0.25, 0.3) is 0 Å². The number of rotatable bonds is 7. The highest BCUT2D eigenvalue weighted by atomic mass is 32.2. The SMILES string of the molecule is Cn1ccnc1CNCc1ccc(SC(C)(C)C(=O)OC(C)(C)C)cc1.